The molecule has 0 saturated heterocycles. The molecule has 2 amide bonds. The van der Waals surface area contributed by atoms with E-state index in [1.165, 1.54) is 6.07 Å². The molecule has 0 unspecified atom stereocenters. The Hall–Kier alpha value is -2.09. The lowest BCUT2D eigenvalue weighted by molar-refractivity contribution is -0.138. The van der Waals surface area contributed by atoms with E-state index in [0.29, 0.717) is 11.1 Å². The Kier molecular flexibility index (Phi) is 7.02. The lowest BCUT2D eigenvalue weighted by atomic mass is 9.91. The Morgan fingerprint density at radius 2 is 1.92 bits per heavy atom. The van der Waals surface area contributed by atoms with Crippen LogP contribution in [0.15, 0.2) is 18.2 Å². The number of imide groups is 1. The van der Waals surface area contributed by atoms with Gasteiger partial charge in [-0.2, -0.15) is 13.2 Å². The molecule has 1 aliphatic rings. The number of benzene rings is 1. The first-order valence-electron chi connectivity index (χ1n) is 8.55. The van der Waals surface area contributed by atoms with Crippen molar-refractivity contribution in [2.75, 3.05) is 13.2 Å². The summed E-state index contributed by atoms with van der Waals surface area (Å²) in [4.78, 5) is 22.5. The number of rotatable bonds is 6. The van der Waals surface area contributed by atoms with Crippen LogP contribution < -0.4 is 5.32 Å². The molecule has 0 aromatic heterocycles. The maximum Gasteiger partial charge on any atom is 0.416 e. The first kappa shape index (κ1) is 20.2. The number of hydrogen-bond acceptors (Lipinski definition) is 4. The Morgan fingerprint density at radius 1 is 1.23 bits per heavy atom. The second kappa shape index (κ2) is 9.02. The minimum atomic E-state index is -4.44. The van der Waals surface area contributed by atoms with Gasteiger partial charge < -0.3 is 9.47 Å². The molecular weight excluding hydrogens is 351 g/mol. The van der Waals surface area contributed by atoms with Gasteiger partial charge in [-0.1, -0.05) is 25.0 Å². The molecule has 1 fully saturated rings. The van der Waals surface area contributed by atoms with Gasteiger partial charge in [0.2, 0.25) is 0 Å². The van der Waals surface area contributed by atoms with E-state index >= 15 is 0 Å². The van der Waals surface area contributed by atoms with E-state index in [1.54, 1.807) is 13.0 Å². The van der Waals surface area contributed by atoms with Crippen LogP contribution in [0.2, 0.25) is 0 Å². The fourth-order valence-corrected chi connectivity index (χ4v) is 3.11. The summed E-state index contributed by atoms with van der Waals surface area (Å²) in [6, 6.07) is 4.18. The summed E-state index contributed by atoms with van der Waals surface area (Å²) >= 11 is 0. The van der Waals surface area contributed by atoms with Crippen molar-refractivity contribution in [3.05, 3.63) is 34.9 Å². The number of carbonyl (C=O) groups excluding carboxylic acids is 2. The van der Waals surface area contributed by atoms with Gasteiger partial charge in [0, 0.05) is 0 Å². The van der Waals surface area contributed by atoms with Crippen molar-refractivity contribution in [1.82, 2.24) is 5.32 Å². The van der Waals surface area contributed by atoms with Crippen LogP contribution in [0, 0.1) is 0 Å². The number of halogens is 3. The topological polar surface area (TPSA) is 64.6 Å². The van der Waals surface area contributed by atoms with E-state index in [4.69, 9.17) is 4.74 Å². The van der Waals surface area contributed by atoms with Crippen molar-refractivity contribution < 1.29 is 32.2 Å². The highest BCUT2D eigenvalue weighted by molar-refractivity contribution is 5.92. The lowest BCUT2D eigenvalue weighted by Gasteiger charge is -2.19. The average Bonchev–Trinajstić information content (AvgIpc) is 3.08. The molecule has 0 radical (unpaired) electrons. The lowest BCUT2D eigenvalue weighted by Crippen LogP contribution is -2.33. The van der Waals surface area contributed by atoms with E-state index in [2.05, 4.69) is 4.74 Å². The van der Waals surface area contributed by atoms with E-state index in [1.807, 2.05) is 5.32 Å². The average molecular weight is 373 g/mol. The molecule has 0 aliphatic heterocycles. The fourth-order valence-electron chi connectivity index (χ4n) is 3.11. The van der Waals surface area contributed by atoms with Crippen LogP contribution in [0.3, 0.4) is 0 Å². The number of nitrogens with one attached hydrogen (secondary N) is 1. The standard InChI is InChI=1S/C18H22F3NO4/c1-2-26-17(24)22-16(23)11-25-10-12-7-8-14(13-5-3-4-6-13)15(9-12)18(19,20)21/h7-9,13H,2-6,10-11H2,1H3,(H,22,23,24). The van der Waals surface area contributed by atoms with Gasteiger partial charge in [-0.05, 0) is 42.9 Å². The molecule has 1 aromatic carbocycles. The number of hydrogen-bond donors (Lipinski definition) is 1. The zero-order valence-electron chi connectivity index (χ0n) is 14.5. The fraction of sp³-hybridized carbons (Fsp3) is 0.556. The molecule has 1 saturated carbocycles. The van der Waals surface area contributed by atoms with Crippen molar-refractivity contribution in [3.63, 3.8) is 0 Å². The van der Waals surface area contributed by atoms with E-state index in [-0.39, 0.29) is 19.1 Å². The van der Waals surface area contributed by atoms with Gasteiger partial charge >= 0.3 is 12.3 Å². The first-order chi connectivity index (χ1) is 12.3. The third-order valence-corrected chi connectivity index (χ3v) is 4.24. The summed E-state index contributed by atoms with van der Waals surface area (Å²) in [6.45, 7) is 1.09. The smallest absolute Gasteiger partial charge is 0.416 e. The highest BCUT2D eigenvalue weighted by atomic mass is 19.4. The summed E-state index contributed by atoms with van der Waals surface area (Å²) in [5.74, 6) is -0.779. The highest BCUT2D eigenvalue weighted by Crippen LogP contribution is 2.41. The summed E-state index contributed by atoms with van der Waals surface area (Å²) in [6.07, 6.45) is -1.89. The number of alkyl carbamates (subject to hydrolysis) is 1. The van der Waals surface area contributed by atoms with Gasteiger partial charge in [-0.15, -0.1) is 0 Å². The Morgan fingerprint density at radius 3 is 2.54 bits per heavy atom. The van der Waals surface area contributed by atoms with Crippen LogP contribution in [-0.2, 0) is 27.1 Å². The molecule has 1 aliphatic carbocycles. The van der Waals surface area contributed by atoms with Gasteiger partial charge in [0.15, 0.2) is 0 Å². The SMILES string of the molecule is CCOC(=O)NC(=O)COCc1ccc(C2CCCC2)c(C(F)(F)F)c1. The Balaban J connectivity index is 1.97. The molecule has 1 N–H and O–H groups in total. The van der Waals surface area contributed by atoms with Crippen LogP contribution in [-0.4, -0.2) is 25.2 Å². The van der Waals surface area contributed by atoms with Crippen molar-refractivity contribution >= 4 is 12.0 Å². The molecule has 26 heavy (non-hydrogen) atoms. The zero-order chi connectivity index (χ0) is 19.2. The molecule has 0 atom stereocenters. The Bertz CT molecular complexity index is 640. The third kappa shape index (κ3) is 5.72. The molecule has 0 heterocycles. The quantitative estimate of drug-likeness (QED) is 0.814. The second-order valence-corrected chi connectivity index (χ2v) is 6.16. The minimum absolute atomic E-state index is 0.0584. The van der Waals surface area contributed by atoms with E-state index in [0.717, 1.165) is 31.7 Å². The number of alkyl halides is 3. The van der Waals surface area contributed by atoms with Gasteiger partial charge in [-0.3, -0.25) is 10.1 Å². The summed E-state index contributed by atoms with van der Waals surface area (Å²) in [5, 5.41) is 1.94. The van der Waals surface area contributed by atoms with Crippen LogP contribution >= 0.6 is 0 Å². The normalized spacial score (nSPS) is 15.1. The predicted octanol–water partition coefficient (Wildman–Crippen LogP) is 4.15. The largest absolute Gasteiger partial charge is 0.450 e. The molecule has 8 heteroatoms. The molecule has 2 rings (SSSR count). The monoisotopic (exact) mass is 373 g/mol. The molecule has 1 aromatic rings. The molecule has 0 spiro atoms. The summed E-state index contributed by atoms with van der Waals surface area (Å²) in [7, 11) is 0. The number of carbonyl (C=O) groups is 2. The maximum atomic E-state index is 13.4. The van der Waals surface area contributed by atoms with Crippen molar-refractivity contribution in [2.45, 2.75) is 51.3 Å². The molecule has 5 nitrogen and oxygen atoms in total. The predicted molar refractivity (Wildman–Crippen MR) is 87.5 cm³/mol. The van der Waals surface area contributed by atoms with Crippen LogP contribution in [0.25, 0.3) is 0 Å². The third-order valence-electron chi connectivity index (χ3n) is 4.24. The maximum absolute atomic E-state index is 13.4. The van der Waals surface area contributed by atoms with Crippen molar-refractivity contribution in [2.24, 2.45) is 0 Å². The first-order valence-corrected chi connectivity index (χ1v) is 8.55. The van der Waals surface area contributed by atoms with Crippen LogP contribution in [0.5, 0.6) is 0 Å². The van der Waals surface area contributed by atoms with Gasteiger partial charge in [-0.25, -0.2) is 4.79 Å². The van der Waals surface area contributed by atoms with E-state index in [9.17, 15) is 22.8 Å². The zero-order valence-corrected chi connectivity index (χ0v) is 14.5. The molecular formula is C18H22F3NO4. The van der Waals surface area contributed by atoms with Crippen molar-refractivity contribution in [1.29, 1.82) is 0 Å². The van der Waals surface area contributed by atoms with Gasteiger partial charge in [0.25, 0.3) is 5.91 Å². The van der Waals surface area contributed by atoms with Crippen LogP contribution in [0.1, 0.15) is 55.2 Å². The summed E-state index contributed by atoms with van der Waals surface area (Å²) in [5.41, 5.74) is 0.0169. The minimum Gasteiger partial charge on any atom is -0.450 e. The van der Waals surface area contributed by atoms with Gasteiger partial charge in [0.05, 0.1) is 18.8 Å². The molecule has 0 bridgehead atoms. The number of ether oxygens (including phenoxy) is 2. The Labute approximate surface area is 149 Å². The highest BCUT2D eigenvalue weighted by Gasteiger charge is 2.36. The molecule has 144 valence electrons. The van der Waals surface area contributed by atoms with Crippen LogP contribution in [0.4, 0.5) is 18.0 Å². The number of amides is 2. The van der Waals surface area contributed by atoms with E-state index < -0.39 is 30.3 Å². The second-order valence-electron chi connectivity index (χ2n) is 6.16. The summed E-state index contributed by atoms with van der Waals surface area (Å²) < 4.78 is 49.8. The van der Waals surface area contributed by atoms with Crippen molar-refractivity contribution in [3.8, 4) is 0 Å². The van der Waals surface area contributed by atoms with Gasteiger partial charge in [0.1, 0.15) is 6.61 Å².